The number of oxazole rings is 1. The van der Waals surface area contributed by atoms with Gasteiger partial charge in [-0.2, -0.15) is 0 Å². The minimum absolute atomic E-state index is 0.518. The molecule has 0 radical (unpaired) electrons. The van der Waals surface area contributed by atoms with Crippen LogP contribution in [0.3, 0.4) is 0 Å². The summed E-state index contributed by atoms with van der Waals surface area (Å²) in [6.45, 7) is 2.07. The summed E-state index contributed by atoms with van der Waals surface area (Å²) in [6.07, 6.45) is 5.26. The molecule has 5 aromatic rings. The van der Waals surface area contributed by atoms with Crippen molar-refractivity contribution in [2.24, 2.45) is 0 Å². The summed E-state index contributed by atoms with van der Waals surface area (Å²) in [6, 6.07) is 19.5. The summed E-state index contributed by atoms with van der Waals surface area (Å²) in [5.41, 5.74) is 3.98. The number of nitrogens with zero attached hydrogens (tertiary/aromatic N) is 5. The van der Waals surface area contributed by atoms with Crippen molar-refractivity contribution in [1.82, 2.24) is 24.7 Å². The summed E-state index contributed by atoms with van der Waals surface area (Å²) >= 11 is 7.50. The minimum Gasteiger partial charge on any atom is -0.440 e. The van der Waals surface area contributed by atoms with E-state index in [2.05, 4.69) is 43.8 Å². The standard InChI is InChI=1S/C24H18ClN5OS/c1-16-5-2-3-7-20(16)30-23(18-6-4-12-26-13-18)28-29-24(30)32-15-22-27-14-21(31-22)17-8-10-19(25)11-9-17/h2-14H,15H2,1H3. The van der Waals surface area contributed by atoms with Crippen LogP contribution in [0.25, 0.3) is 28.4 Å². The fourth-order valence-corrected chi connectivity index (χ4v) is 4.25. The van der Waals surface area contributed by atoms with Gasteiger partial charge < -0.3 is 4.42 Å². The molecule has 6 nitrogen and oxygen atoms in total. The normalized spacial score (nSPS) is 11.1. The molecular formula is C24H18ClN5OS. The molecular weight excluding hydrogens is 442 g/mol. The number of thioether (sulfide) groups is 1. The van der Waals surface area contributed by atoms with E-state index in [1.165, 1.54) is 11.8 Å². The number of aromatic nitrogens is 5. The van der Waals surface area contributed by atoms with Crippen molar-refractivity contribution in [3.8, 4) is 28.4 Å². The van der Waals surface area contributed by atoms with Crippen LogP contribution in [0.1, 0.15) is 11.5 Å². The lowest BCUT2D eigenvalue weighted by atomic mass is 10.2. The van der Waals surface area contributed by atoms with Gasteiger partial charge >= 0.3 is 0 Å². The van der Waals surface area contributed by atoms with E-state index in [1.807, 2.05) is 48.5 Å². The van der Waals surface area contributed by atoms with E-state index >= 15 is 0 Å². The van der Waals surface area contributed by atoms with Gasteiger partial charge in [0.1, 0.15) is 0 Å². The zero-order valence-corrected chi connectivity index (χ0v) is 18.7. The lowest BCUT2D eigenvalue weighted by Gasteiger charge is -2.12. The van der Waals surface area contributed by atoms with Crippen molar-refractivity contribution >= 4 is 23.4 Å². The summed E-state index contributed by atoms with van der Waals surface area (Å²) in [4.78, 5) is 8.66. The van der Waals surface area contributed by atoms with Gasteiger partial charge in [-0.15, -0.1) is 10.2 Å². The number of hydrogen-bond donors (Lipinski definition) is 0. The quantitative estimate of drug-likeness (QED) is 0.280. The van der Waals surface area contributed by atoms with Crippen molar-refractivity contribution in [2.75, 3.05) is 0 Å². The van der Waals surface area contributed by atoms with Gasteiger partial charge in [0.25, 0.3) is 0 Å². The van der Waals surface area contributed by atoms with Crippen molar-refractivity contribution in [3.05, 3.63) is 95.7 Å². The number of aryl methyl sites for hydroxylation is 1. The van der Waals surface area contributed by atoms with Crippen LogP contribution in [0.15, 0.2) is 88.8 Å². The van der Waals surface area contributed by atoms with Crippen molar-refractivity contribution < 1.29 is 4.42 Å². The highest BCUT2D eigenvalue weighted by Crippen LogP contribution is 2.31. The van der Waals surface area contributed by atoms with Gasteiger partial charge in [0.15, 0.2) is 16.7 Å². The Balaban J connectivity index is 1.45. The number of benzene rings is 2. The highest BCUT2D eigenvalue weighted by Gasteiger charge is 2.18. The number of rotatable bonds is 6. The maximum absolute atomic E-state index is 5.98. The van der Waals surface area contributed by atoms with Gasteiger partial charge in [0.2, 0.25) is 5.89 Å². The molecule has 3 aromatic heterocycles. The van der Waals surface area contributed by atoms with Gasteiger partial charge in [-0.3, -0.25) is 9.55 Å². The average molecular weight is 460 g/mol. The van der Waals surface area contributed by atoms with E-state index in [0.29, 0.717) is 22.4 Å². The molecule has 32 heavy (non-hydrogen) atoms. The first-order chi connectivity index (χ1) is 15.7. The number of halogens is 1. The molecule has 0 aliphatic carbocycles. The molecule has 5 rings (SSSR count). The van der Waals surface area contributed by atoms with Crippen LogP contribution in [-0.4, -0.2) is 24.7 Å². The first-order valence-electron chi connectivity index (χ1n) is 9.94. The Labute approximate surface area is 194 Å². The molecule has 158 valence electrons. The smallest absolute Gasteiger partial charge is 0.205 e. The second kappa shape index (κ2) is 8.98. The highest BCUT2D eigenvalue weighted by molar-refractivity contribution is 7.98. The van der Waals surface area contributed by atoms with Crippen LogP contribution in [0.5, 0.6) is 0 Å². The van der Waals surface area contributed by atoms with E-state index in [9.17, 15) is 0 Å². The summed E-state index contributed by atoms with van der Waals surface area (Å²) < 4.78 is 8.01. The predicted octanol–water partition coefficient (Wildman–Crippen LogP) is 6.24. The monoisotopic (exact) mass is 459 g/mol. The molecule has 2 aromatic carbocycles. The molecule has 0 spiro atoms. The maximum atomic E-state index is 5.98. The highest BCUT2D eigenvalue weighted by atomic mass is 35.5. The molecule has 0 atom stereocenters. The lowest BCUT2D eigenvalue weighted by molar-refractivity contribution is 0.529. The second-order valence-corrected chi connectivity index (χ2v) is 8.46. The second-order valence-electron chi connectivity index (χ2n) is 7.08. The third kappa shape index (κ3) is 4.17. The Bertz CT molecular complexity index is 1350. The van der Waals surface area contributed by atoms with Crippen molar-refractivity contribution in [1.29, 1.82) is 0 Å². The summed E-state index contributed by atoms with van der Waals surface area (Å²) in [5, 5.41) is 10.4. The number of hydrogen-bond acceptors (Lipinski definition) is 6. The average Bonchev–Trinajstić information content (AvgIpc) is 3.46. The van der Waals surface area contributed by atoms with Crippen LogP contribution in [-0.2, 0) is 5.75 Å². The Morgan fingerprint density at radius 2 is 1.78 bits per heavy atom. The van der Waals surface area contributed by atoms with E-state index in [1.54, 1.807) is 18.6 Å². The van der Waals surface area contributed by atoms with Gasteiger partial charge in [-0.25, -0.2) is 4.98 Å². The molecule has 0 aliphatic heterocycles. The topological polar surface area (TPSA) is 69.6 Å². The summed E-state index contributed by atoms with van der Waals surface area (Å²) in [5.74, 6) is 2.57. The summed E-state index contributed by atoms with van der Waals surface area (Å²) in [7, 11) is 0. The van der Waals surface area contributed by atoms with Gasteiger partial charge in [0.05, 0.1) is 17.6 Å². The first-order valence-corrected chi connectivity index (χ1v) is 11.3. The Morgan fingerprint density at radius 3 is 2.56 bits per heavy atom. The molecule has 0 amide bonds. The third-order valence-corrected chi connectivity index (χ3v) is 6.08. The zero-order chi connectivity index (χ0) is 21.9. The molecule has 3 heterocycles. The molecule has 0 saturated heterocycles. The Morgan fingerprint density at radius 1 is 0.938 bits per heavy atom. The van der Waals surface area contributed by atoms with E-state index in [-0.39, 0.29) is 0 Å². The molecule has 0 bridgehead atoms. The van der Waals surface area contributed by atoms with Crippen molar-refractivity contribution in [2.45, 2.75) is 17.8 Å². The fraction of sp³-hybridized carbons (Fsp3) is 0.0833. The van der Waals surface area contributed by atoms with Gasteiger partial charge in [-0.1, -0.05) is 41.6 Å². The molecule has 8 heteroatoms. The lowest BCUT2D eigenvalue weighted by Crippen LogP contribution is -2.02. The zero-order valence-electron chi connectivity index (χ0n) is 17.1. The Hall–Kier alpha value is -3.42. The van der Waals surface area contributed by atoms with Crippen LogP contribution in [0, 0.1) is 6.92 Å². The minimum atomic E-state index is 0.518. The van der Waals surface area contributed by atoms with Crippen LogP contribution in [0.4, 0.5) is 0 Å². The van der Waals surface area contributed by atoms with Crippen LogP contribution < -0.4 is 0 Å². The fourth-order valence-electron chi connectivity index (χ4n) is 3.33. The molecule has 0 unspecified atom stereocenters. The van der Waals surface area contributed by atoms with Gasteiger partial charge in [-0.05, 0) is 55.0 Å². The molecule has 0 aliphatic rings. The third-order valence-electron chi connectivity index (χ3n) is 4.92. The largest absolute Gasteiger partial charge is 0.440 e. The molecule has 0 N–H and O–H groups in total. The van der Waals surface area contributed by atoms with E-state index in [0.717, 1.165) is 33.4 Å². The number of para-hydroxylation sites is 1. The van der Waals surface area contributed by atoms with E-state index < -0.39 is 0 Å². The predicted molar refractivity (Wildman–Crippen MR) is 126 cm³/mol. The molecule has 0 fully saturated rings. The molecule has 0 saturated carbocycles. The van der Waals surface area contributed by atoms with Crippen molar-refractivity contribution in [3.63, 3.8) is 0 Å². The van der Waals surface area contributed by atoms with E-state index in [4.69, 9.17) is 16.0 Å². The van der Waals surface area contributed by atoms with Gasteiger partial charge in [0, 0.05) is 28.5 Å². The SMILES string of the molecule is Cc1ccccc1-n1c(SCc2ncc(-c3ccc(Cl)cc3)o2)nnc1-c1cccnc1. The van der Waals surface area contributed by atoms with Crippen LogP contribution >= 0.6 is 23.4 Å². The van der Waals surface area contributed by atoms with Crippen LogP contribution in [0.2, 0.25) is 5.02 Å². The number of pyridine rings is 1. The maximum Gasteiger partial charge on any atom is 0.205 e. The first kappa shape index (κ1) is 20.5. The Kier molecular flexibility index (Phi) is 5.75.